The van der Waals surface area contributed by atoms with Crippen LogP contribution in [0.15, 0.2) is 4.99 Å². The lowest BCUT2D eigenvalue weighted by molar-refractivity contribution is -0.127. The summed E-state index contributed by atoms with van der Waals surface area (Å²) in [6.07, 6.45) is 2.47. The van der Waals surface area contributed by atoms with E-state index in [1.165, 1.54) is 12.8 Å². The van der Waals surface area contributed by atoms with Crippen molar-refractivity contribution in [3.05, 3.63) is 0 Å². The summed E-state index contributed by atoms with van der Waals surface area (Å²) in [6.45, 7) is 12.3. The van der Waals surface area contributed by atoms with E-state index in [1.807, 2.05) is 0 Å². The summed E-state index contributed by atoms with van der Waals surface area (Å²) < 4.78 is 5.40. The molecule has 0 aromatic heterocycles. The average Bonchev–Trinajstić information content (AvgIpc) is 3.05. The maximum atomic E-state index is 11.9. The first-order chi connectivity index (χ1) is 12.5. The van der Waals surface area contributed by atoms with E-state index < -0.39 is 0 Å². The second kappa shape index (κ2) is 10.7. The van der Waals surface area contributed by atoms with Crippen LogP contribution in [0.3, 0.4) is 0 Å². The summed E-state index contributed by atoms with van der Waals surface area (Å²) in [5.74, 6) is 2.38. The maximum absolute atomic E-state index is 11.9. The molecule has 2 aliphatic heterocycles. The molecule has 1 unspecified atom stereocenters. The SMILES string of the molecule is CC(C)CC1CCN(C(=NCC(=O)N(C)C)NCCN2CCOCC2)C1. The zero-order valence-corrected chi connectivity index (χ0v) is 17.0. The second-order valence-corrected chi connectivity index (χ2v) is 8.04. The number of amides is 1. The zero-order chi connectivity index (χ0) is 18.9. The molecule has 1 atom stereocenters. The van der Waals surface area contributed by atoms with Gasteiger partial charge in [-0.05, 0) is 24.7 Å². The molecule has 2 aliphatic rings. The van der Waals surface area contributed by atoms with Crippen LogP contribution in [0.5, 0.6) is 0 Å². The van der Waals surface area contributed by atoms with Gasteiger partial charge < -0.3 is 19.9 Å². The Labute approximate surface area is 158 Å². The molecule has 2 fully saturated rings. The van der Waals surface area contributed by atoms with Crippen molar-refractivity contribution in [3.8, 4) is 0 Å². The minimum Gasteiger partial charge on any atom is -0.379 e. The fourth-order valence-corrected chi connectivity index (χ4v) is 3.59. The fraction of sp³-hybridized carbons (Fsp3) is 0.895. The van der Waals surface area contributed by atoms with Crippen molar-refractivity contribution in [2.45, 2.75) is 26.7 Å². The Hall–Kier alpha value is -1.34. The molecular weight excluding hydrogens is 330 g/mol. The van der Waals surface area contributed by atoms with Crippen LogP contribution in [-0.4, -0.2) is 99.7 Å². The topological polar surface area (TPSA) is 60.4 Å². The molecular formula is C19H37N5O2. The van der Waals surface area contributed by atoms with E-state index in [0.29, 0.717) is 0 Å². The smallest absolute Gasteiger partial charge is 0.243 e. The molecule has 2 rings (SSSR count). The number of carbonyl (C=O) groups excluding carboxylic acids is 1. The van der Waals surface area contributed by atoms with Crippen molar-refractivity contribution >= 4 is 11.9 Å². The highest BCUT2D eigenvalue weighted by atomic mass is 16.5. The summed E-state index contributed by atoms with van der Waals surface area (Å²) in [6, 6.07) is 0. The van der Waals surface area contributed by atoms with Crippen molar-refractivity contribution in [2.24, 2.45) is 16.8 Å². The summed E-state index contributed by atoms with van der Waals surface area (Å²) >= 11 is 0. The first kappa shape index (κ1) is 21.0. The lowest BCUT2D eigenvalue weighted by Crippen LogP contribution is -2.46. The lowest BCUT2D eigenvalue weighted by Gasteiger charge is -2.28. The molecule has 0 aromatic carbocycles. The number of likely N-dealkylation sites (N-methyl/N-ethyl adjacent to an activating group) is 1. The van der Waals surface area contributed by atoms with Gasteiger partial charge in [-0.1, -0.05) is 13.8 Å². The first-order valence-electron chi connectivity index (χ1n) is 9.99. The van der Waals surface area contributed by atoms with Crippen LogP contribution in [0.1, 0.15) is 26.7 Å². The molecule has 1 N–H and O–H groups in total. The Morgan fingerprint density at radius 1 is 1.27 bits per heavy atom. The van der Waals surface area contributed by atoms with Gasteiger partial charge in [0.2, 0.25) is 5.91 Å². The van der Waals surface area contributed by atoms with Crippen LogP contribution in [-0.2, 0) is 9.53 Å². The summed E-state index contributed by atoms with van der Waals surface area (Å²) in [5.41, 5.74) is 0. The molecule has 26 heavy (non-hydrogen) atoms. The lowest BCUT2D eigenvalue weighted by atomic mass is 9.97. The van der Waals surface area contributed by atoms with Crippen LogP contribution in [0, 0.1) is 11.8 Å². The number of nitrogens with one attached hydrogen (secondary N) is 1. The maximum Gasteiger partial charge on any atom is 0.243 e. The Morgan fingerprint density at radius 3 is 2.65 bits per heavy atom. The van der Waals surface area contributed by atoms with Crippen LogP contribution in [0.25, 0.3) is 0 Å². The van der Waals surface area contributed by atoms with Crippen molar-refractivity contribution in [3.63, 3.8) is 0 Å². The Kier molecular flexibility index (Phi) is 8.65. The van der Waals surface area contributed by atoms with Gasteiger partial charge in [-0.2, -0.15) is 0 Å². The molecule has 0 spiro atoms. The summed E-state index contributed by atoms with van der Waals surface area (Å²) in [4.78, 5) is 22.9. The number of morpholine rings is 1. The van der Waals surface area contributed by atoms with Gasteiger partial charge in [0.1, 0.15) is 6.54 Å². The Balaban J connectivity index is 1.88. The van der Waals surface area contributed by atoms with Gasteiger partial charge in [-0.25, -0.2) is 4.99 Å². The average molecular weight is 368 g/mol. The van der Waals surface area contributed by atoms with Gasteiger partial charge in [-0.15, -0.1) is 0 Å². The molecule has 2 heterocycles. The first-order valence-corrected chi connectivity index (χ1v) is 9.99. The van der Waals surface area contributed by atoms with Crippen LogP contribution < -0.4 is 5.32 Å². The monoisotopic (exact) mass is 367 g/mol. The highest BCUT2D eigenvalue weighted by Gasteiger charge is 2.25. The third kappa shape index (κ3) is 7.11. The van der Waals surface area contributed by atoms with E-state index in [-0.39, 0.29) is 12.5 Å². The second-order valence-electron chi connectivity index (χ2n) is 8.04. The quantitative estimate of drug-likeness (QED) is 0.531. The molecule has 7 nitrogen and oxygen atoms in total. The van der Waals surface area contributed by atoms with Crippen molar-refractivity contribution < 1.29 is 9.53 Å². The van der Waals surface area contributed by atoms with E-state index >= 15 is 0 Å². The van der Waals surface area contributed by atoms with Crippen LogP contribution in [0.2, 0.25) is 0 Å². The molecule has 1 amide bonds. The predicted molar refractivity (Wildman–Crippen MR) is 105 cm³/mol. The number of carbonyl (C=O) groups is 1. The van der Waals surface area contributed by atoms with Gasteiger partial charge in [0.05, 0.1) is 13.2 Å². The molecule has 2 saturated heterocycles. The van der Waals surface area contributed by atoms with Crippen LogP contribution >= 0.6 is 0 Å². The highest BCUT2D eigenvalue weighted by Crippen LogP contribution is 2.23. The van der Waals surface area contributed by atoms with Gasteiger partial charge in [0.15, 0.2) is 5.96 Å². The normalized spacial score (nSPS) is 22.1. The van der Waals surface area contributed by atoms with Gasteiger partial charge in [0.25, 0.3) is 0 Å². The number of rotatable bonds is 7. The Bertz CT molecular complexity index is 461. The van der Waals surface area contributed by atoms with Gasteiger partial charge >= 0.3 is 0 Å². The molecule has 0 saturated carbocycles. The number of hydrogen-bond donors (Lipinski definition) is 1. The fourth-order valence-electron chi connectivity index (χ4n) is 3.59. The minimum atomic E-state index is 0.0374. The number of ether oxygens (including phenoxy) is 1. The summed E-state index contributed by atoms with van der Waals surface area (Å²) in [5, 5.41) is 3.50. The number of likely N-dealkylation sites (tertiary alicyclic amines) is 1. The highest BCUT2D eigenvalue weighted by molar-refractivity contribution is 5.85. The van der Waals surface area contributed by atoms with Crippen molar-refractivity contribution in [2.75, 3.05) is 73.1 Å². The number of guanidine groups is 1. The molecule has 0 aliphatic carbocycles. The standard InChI is InChI=1S/C19H37N5O2/c1-16(2)13-17-5-7-24(15-17)19(21-14-18(25)22(3)4)20-6-8-23-9-11-26-12-10-23/h16-17H,5-15H2,1-4H3,(H,20,21). The van der Waals surface area contributed by atoms with E-state index in [2.05, 4.69) is 34.0 Å². The van der Waals surface area contributed by atoms with E-state index in [4.69, 9.17) is 4.74 Å². The number of hydrogen-bond acceptors (Lipinski definition) is 4. The number of nitrogens with zero attached hydrogens (tertiary/aromatic N) is 4. The third-order valence-electron chi connectivity index (χ3n) is 5.07. The van der Waals surface area contributed by atoms with Gasteiger partial charge in [-0.3, -0.25) is 9.69 Å². The molecule has 7 heteroatoms. The van der Waals surface area contributed by atoms with E-state index in [1.54, 1.807) is 19.0 Å². The minimum absolute atomic E-state index is 0.0374. The largest absolute Gasteiger partial charge is 0.379 e. The van der Waals surface area contributed by atoms with E-state index in [0.717, 1.165) is 70.3 Å². The molecule has 150 valence electrons. The van der Waals surface area contributed by atoms with Crippen molar-refractivity contribution in [1.29, 1.82) is 0 Å². The molecule has 0 radical (unpaired) electrons. The number of aliphatic imine (C=N–C) groups is 1. The third-order valence-corrected chi connectivity index (χ3v) is 5.07. The Morgan fingerprint density at radius 2 is 2.00 bits per heavy atom. The van der Waals surface area contributed by atoms with E-state index in [9.17, 15) is 4.79 Å². The summed E-state index contributed by atoms with van der Waals surface area (Å²) in [7, 11) is 3.55. The molecule has 0 bridgehead atoms. The van der Waals surface area contributed by atoms with Crippen molar-refractivity contribution in [1.82, 2.24) is 20.0 Å². The predicted octanol–water partition coefficient (Wildman–Crippen LogP) is 0.720. The van der Waals surface area contributed by atoms with Crippen LogP contribution in [0.4, 0.5) is 0 Å². The van der Waals surface area contributed by atoms with Gasteiger partial charge in [0, 0.05) is 53.4 Å². The molecule has 0 aromatic rings. The zero-order valence-electron chi connectivity index (χ0n) is 17.0.